The number of hydrogen-bond acceptors (Lipinski definition) is 5. The largest absolute Gasteiger partial charge is 0.304 e. The van der Waals surface area contributed by atoms with E-state index in [4.69, 9.17) is 0 Å². The third-order valence-corrected chi connectivity index (χ3v) is 5.58. The smallest absolute Gasteiger partial charge is 0.252 e. The highest BCUT2D eigenvalue weighted by Crippen LogP contribution is 2.26. The third kappa shape index (κ3) is 4.06. The van der Waals surface area contributed by atoms with Gasteiger partial charge in [-0.3, -0.25) is 4.79 Å². The van der Waals surface area contributed by atoms with Crippen LogP contribution in [0.3, 0.4) is 0 Å². The molecule has 30 heavy (non-hydrogen) atoms. The summed E-state index contributed by atoms with van der Waals surface area (Å²) >= 11 is 0. The summed E-state index contributed by atoms with van der Waals surface area (Å²) < 4.78 is 25.2. The molecule has 0 atom stereocenters. The molecule has 0 saturated carbocycles. The molecule has 7 heteroatoms. The molecule has 6 nitrogen and oxygen atoms in total. The van der Waals surface area contributed by atoms with Gasteiger partial charge in [0.2, 0.25) is 15.0 Å². The summed E-state index contributed by atoms with van der Waals surface area (Å²) in [5.41, 5.74) is 2.67. The molecule has 0 fully saturated rings. The van der Waals surface area contributed by atoms with Gasteiger partial charge in [-0.05, 0) is 23.3 Å². The third-order valence-electron chi connectivity index (χ3n) is 4.72. The molecule has 4 aromatic rings. The first-order valence-corrected chi connectivity index (χ1v) is 11.2. The Morgan fingerprint density at radius 1 is 0.867 bits per heavy atom. The van der Waals surface area contributed by atoms with Crippen molar-refractivity contribution in [2.75, 3.05) is 6.26 Å². The van der Waals surface area contributed by atoms with Gasteiger partial charge in [0, 0.05) is 30.3 Å². The highest BCUT2D eigenvalue weighted by atomic mass is 32.2. The molecule has 0 spiro atoms. The van der Waals surface area contributed by atoms with Crippen molar-refractivity contribution in [1.29, 1.82) is 0 Å². The van der Waals surface area contributed by atoms with E-state index < -0.39 is 9.84 Å². The van der Waals surface area contributed by atoms with Gasteiger partial charge in [0.15, 0.2) is 0 Å². The fraction of sp³-hybridized carbons (Fsp3) is 0.0870. The number of pyridine rings is 1. The van der Waals surface area contributed by atoms with Crippen LogP contribution in [0, 0.1) is 0 Å². The van der Waals surface area contributed by atoms with Crippen molar-refractivity contribution < 1.29 is 8.42 Å². The van der Waals surface area contributed by atoms with Crippen LogP contribution in [0.15, 0.2) is 101 Å². The van der Waals surface area contributed by atoms with Gasteiger partial charge in [-0.1, -0.05) is 60.7 Å². The molecule has 0 aliphatic heterocycles. The van der Waals surface area contributed by atoms with E-state index in [1.165, 1.54) is 12.3 Å². The Morgan fingerprint density at radius 3 is 2.00 bits per heavy atom. The van der Waals surface area contributed by atoms with Crippen LogP contribution in [0.4, 0.5) is 0 Å². The summed E-state index contributed by atoms with van der Waals surface area (Å²) in [5.74, 6) is 0. The normalized spacial score (nSPS) is 11.5. The van der Waals surface area contributed by atoms with Gasteiger partial charge < -0.3 is 4.57 Å². The number of rotatable bonds is 5. The second kappa shape index (κ2) is 8.04. The predicted molar refractivity (Wildman–Crippen MR) is 115 cm³/mol. The van der Waals surface area contributed by atoms with Crippen LogP contribution in [0.5, 0.6) is 0 Å². The second-order valence-electron chi connectivity index (χ2n) is 6.88. The van der Waals surface area contributed by atoms with Crippen LogP contribution in [-0.2, 0) is 9.84 Å². The van der Waals surface area contributed by atoms with E-state index >= 15 is 0 Å². The molecule has 0 bridgehead atoms. The van der Waals surface area contributed by atoms with Crippen molar-refractivity contribution in [2.24, 2.45) is 0 Å². The molecule has 0 radical (unpaired) electrons. The van der Waals surface area contributed by atoms with Gasteiger partial charge in [-0.15, -0.1) is 0 Å². The number of benzene rings is 2. The number of aromatic nitrogens is 3. The highest BCUT2D eigenvalue weighted by molar-refractivity contribution is 7.90. The van der Waals surface area contributed by atoms with Gasteiger partial charge in [0.1, 0.15) is 0 Å². The molecule has 0 saturated heterocycles. The Hall–Kier alpha value is -3.58. The Balaban J connectivity index is 1.81. The van der Waals surface area contributed by atoms with Crippen LogP contribution in [0.25, 0.3) is 11.3 Å². The van der Waals surface area contributed by atoms with Gasteiger partial charge in [0.25, 0.3) is 5.56 Å². The van der Waals surface area contributed by atoms with E-state index in [2.05, 4.69) is 9.97 Å². The van der Waals surface area contributed by atoms with E-state index in [0.29, 0.717) is 11.3 Å². The van der Waals surface area contributed by atoms with E-state index in [-0.39, 0.29) is 16.8 Å². The first kappa shape index (κ1) is 19.7. The number of hydrogen-bond donors (Lipinski definition) is 0. The van der Waals surface area contributed by atoms with E-state index in [9.17, 15) is 13.2 Å². The molecule has 2 aromatic heterocycles. The van der Waals surface area contributed by atoms with Gasteiger partial charge in [0.05, 0.1) is 11.7 Å². The minimum absolute atomic E-state index is 0.218. The summed E-state index contributed by atoms with van der Waals surface area (Å²) in [6.07, 6.45) is 4.14. The van der Waals surface area contributed by atoms with Crippen LogP contribution in [0.2, 0.25) is 0 Å². The molecule has 2 aromatic carbocycles. The maximum atomic E-state index is 13.1. The van der Waals surface area contributed by atoms with Crippen LogP contribution >= 0.6 is 0 Å². The van der Waals surface area contributed by atoms with Crippen molar-refractivity contribution in [2.45, 2.75) is 11.2 Å². The average Bonchev–Trinajstić information content (AvgIpc) is 2.76. The summed E-state index contributed by atoms with van der Waals surface area (Å²) in [6, 6.07) is 24.1. The maximum Gasteiger partial charge on any atom is 0.252 e. The fourth-order valence-electron chi connectivity index (χ4n) is 3.33. The lowest BCUT2D eigenvalue weighted by atomic mass is 9.98. The lowest BCUT2D eigenvalue weighted by molar-refractivity contribution is 0.593. The Morgan fingerprint density at radius 2 is 1.47 bits per heavy atom. The van der Waals surface area contributed by atoms with Crippen molar-refractivity contribution in [1.82, 2.24) is 14.5 Å². The molecule has 0 aliphatic rings. The van der Waals surface area contributed by atoms with Gasteiger partial charge in [-0.25, -0.2) is 18.4 Å². The maximum absolute atomic E-state index is 13.1. The molecule has 0 amide bonds. The number of nitrogens with zero attached hydrogens (tertiary/aromatic N) is 3. The molecule has 4 rings (SSSR count). The fourth-order valence-corrected chi connectivity index (χ4v) is 3.84. The number of sulfone groups is 1. The van der Waals surface area contributed by atoms with Crippen molar-refractivity contribution in [3.05, 3.63) is 113 Å². The molecule has 0 aliphatic carbocycles. The topological polar surface area (TPSA) is 81.9 Å². The highest BCUT2D eigenvalue weighted by Gasteiger charge is 2.18. The van der Waals surface area contributed by atoms with Crippen LogP contribution in [0.1, 0.15) is 17.2 Å². The molecule has 0 unspecified atom stereocenters. The quantitative estimate of drug-likeness (QED) is 0.465. The van der Waals surface area contributed by atoms with Crippen LogP contribution in [-0.4, -0.2) is 29.2 Å². The lowest BCUT2D eigenvalue weighted by Crippen LogP contribution is -2.25. The standard InChI is InChI=1S/C23H19N3O3S/c1-30(28,29)23-24-14-12-20(25-23)19-13-15-26(21(27)16-19)22(17-8-4-2-5-9-17)18-10-6-3-7-11-18/h2-16,22H,1H3. The molecule has 150 valence electrons. The van der Waals surface area contributed by atoms with Crippen LogP contribution < -0.4 is 5.56 Å². The van der Waals surface area contributed by atoms with E-state index in [0.717, 1.165) is 17.4 Å². The van der Waals surface area contributed by atoms with Gasteiger partial charge in [-0.2, -0.15) is 0 Å². The van der Waals surface area contributed by atoms with Crippen molar-refractivity contribution in [3.8, 4) is 11.3 Å². The summed E-state index contributed by atoms with van der Waals surface area (Å²) in [4.78, 5) is 21.0. The molecule has 0 N–H and O–H groups in total. The van der Waals surface area contributed by atoms with Crippen molar-refractivity contribution in [3.63, 3.8) is 0 Å². The van der Waals surface area contributed by atoms with Gasteiger partial charge >= 0.3 is 0 Å². The Kier molecular flexibility index (Phi) is 5.29. The zero-order chi connectivity index (χ0) is 21.1. The zero-order valence-electron chi connectivity index (χ0n) is 16.2. The lowest BCUT2D eigenvalue weighted by Gasteiger charge is -2.21. The molecular weight excluding hydrogens is 398 g/mol. The summed E-state index contributed by atoms with van der Waals surface area (Å²) in [6.45, 7) is 0. The summed E-state index contributed by atoms with van der Waals surface area (Å²) in [5, 5.41) is -0.268. The summed E-state index contributed by atoms with van der Waals surface area (Å²) in [7, 11) is -3.54. The predicted octanol–water partition coefficient (Wildman–Crippen LogP) is 3.35. The minimum Gasteiger partial charge on any atom is -0.304 e. The Bertz CT molecular complexity index is 1300. The first-order valence-electron chi connectivity index (χ1n) is 9.29. The van der Waals surface area contributed by atoms with E-state index in [1.807, 2.05) is 60.7 Å². The average molecular weight is 417 g/mol. The SMILES string of the molecule is CS(=O)(=O)c1nccc(-c2ccn(C(c3ccccc3)c3ccccc3)c(=O)c2)n1. The second-order valence-corrected chi connectivity index (χ2v) is 8.79. The molecule has 2 heterocycles. The monoisotopic (exact) mass is 417 g/mol. The minimum atomic E-state index is -3.54. The Labute approximate surface area is 174 Å². The first-order chi connectivity index (χ1) is 14.4. The molecular formula is C23H19N3O3S. The zero-order valence-corrected chi connectivity index (χ0v) is 17.0. The van der Waals surface area contributed by atoms with E-state index in [1.54, 1.807) is 22.9 Å². The van der Waals surface area contributed by atoms with Crippen molar-refractivity contribution >= 4 is 9.84 Å².